The van der Waals surface area contributed by atoms with E-state index in [0.717, 1.165) is 49.8 Å². The van der Waals surface area contributed by atoms with Gasteiger partial charge in [-0.05, 0) is 54.5 Å². The fraction of sp³-hybridized carbons (Fsp3) is 0.259. The first-order valence-electron chi connectivity index (χ1n) is 11.5. The van der Waals surface area contributed by atoms with Crippen LogP contribution in [0.5, 0.6) is 0 Å². The van der Waals surface area contributed by atoms with Gasteiger partial charge in [-0.2, -0.15) is 0 Å². The van der Waals surface area contributed by atoms with Crippen LogP contribution in [0.3, 0.4) is 0 Å². The van der Waals surface area contributed by atoms with E-state index in [-0.39, 0.29) is 5.91 Å². The van der Waals surface area contributed by atoms with Gasteiger partial charge in [0.15, 0.2) is 0 Å². The lowest BCUT2D eigenvalue weighted by atomic mass is 10.1. The molecule has 5 rings (SSSR count). The summed E-state index contributed by atoms with van der Waals surface area (Å²) < 4.78 is 7.73. The zero-order valence-corrected chi connectivity index (χ0v) is 18.8. The number of hydrogen-bond donors (Lipinski definition) is 1. The van der Waals surface area contributed by atoms with Crippen LogP contribution in [0.1, 0.15) is 18.1 Å². The van der Waals surface area contributed by atoms with Crippen LogP contribution in [0, 0.1) is 0 Å². The minimum atomic E-state index is -0.115. The van der Waals surface area contributed by atoms with E-state index >= 15 is 0 Å². The van der Waals surface area contributed by atoms with E-state index in [1.54, 1.807) is 12.3 Å². The number of aromatic nitrogens is 2. The van der Waals surface area contributed by atoms with Crippen LogP contribution in [0.25, 0.3) is 27.9 Å². The number of amides is 1. The maximum Gasteiger partial charge on any atom is 0.244 e. The third-order valence-corrected chi connectivity index (χ3v) is 6.15. The van der Waals surface area contributed by atoms with Gasteiger partial charge in [0, 0.05) is 60.3 Å². The smallest absolute Gasteiger partial charge is 0.244 e. The molecule has 168 valence electrons. The number of anilines is 1. The largest absolute Gasteiger partial charge is 0.378 e. The average Bonchev–Trinajstić information content (AvgIpc) is 3.20. The molecule has 1 aliphatic rings. The Morgan fingerprint density at radius 3 is 2.73 bits per heavy atom. The number of benzene rings is 2. The molecule has 0 spiro atoms. The molecule has 1 fully saturated rings. The van der Waals surface area contributed by atoms with Gasteiger partial charge in [0.1, 0.15) is 5.82 Å². The van der Waals surface area contributed by atoms with Crippen molar-refractivity contribution in [2.45, 2.75) is 20.0 Å². The number of carbonyl (C=O) groups is 1. The van der Waals surface area contributed by atoms with E-state index in [0.29, 0.717) is 6.54 Å². The lowest BCUT2D eigenvalue weighted by molar-refractivity contribution is -0.116. The Morgan fingerprint density at radius 2 is 1.88 bits per heavy atom. The highest BCUT2D eigenvalue weighted by atomic mass is 16.5. The lowest BCUT2D eigenvalue weighted by Crippen LogP contribution is -2.36. The summed E-state index contributed by atoms with van der Waals surface area (Å²) in [5.74, 6) is 0.816. The topological polar surface area (TPSA) is 59.4 Å². The van der Waals surface area contributed by atoms with Crippen LogP contribution in [-0.4, -0.2) is 41.8 Å². The van der Waals surface area contributed by atoms with Crippen molar-refractivity contribution in [1.29, 1.82) is 0 Å². The number of nitrogens with zero attached hydrogens (tertiary/aromatic N) is 3. The summed E-state index contributed by atoms with van der Waals surface area (Å²) in [7, 11) is 0. The highest BCUT2D eigenvalue weighted by molar-refractivity contribution is 6.08. The molecule has 0 bridgehead atoms. The van der Waals surface area contributed by atoms with E-state index in [1.807, 2.05) is 18.2 Å². The molecule has 1 aliphatic heterocycles. The Balaban J connectivity index is 1.27. The second-order valence-electron chi connectivity index (χ2n) is 8.21. The zero-order chi connectivity index (χ0) is 22.6. The van der Waals surface area contributed by atoms with Crippen LogP contribution in [0.4, 0.5) is 5.82 Å². The van der Waals surface area contributed by atoms with E-state index in [4.69, 9.17) is 4.74 Å². The van der Waals surface area contributed by atoms with E-state index in [9.17, 15) is 4.79 Å². The summed E-state index contributed by atoms with van der Waals surface area (Å²) in [6.45, 7) is 6.67. The number of morpholine rings is 1. The molecule has 6 heteroatoms. The Labute approximate surface area is 193 Å². The Hall–Kier alpha value is -3.64. The predicted molar refractivity (Wildman–Crippen MR) is 133 cm³/mol. The van der Waals surface area contributed by atoms with Crippen molar-refractivity contribution in [1.82, 2.24) is 14.9 Å². The molecule has 2 aromatic carbocycles. The van der Waals surface area contributed by atoms with Gasteiger partial charge < -0.3 is 19.5 Å². The molecule has 0 radical (unpaired) electrons. The molecule has 4 aromatic rings. The fourth-order valence-electron chi connectivity index (χ4n) is 4.47. The first kappa shape index (κ1) is 21.2. The number of carbonyl (C=O) groups excluding carboxylic acids is 1. The van der Waals surface area contributed by atoms with E-state index in [2.05, 4.69) is 69.2 Å². The Morgan fingerprint density at radius 1 is 1.06 bits per heavy atom. The summed E-state index contributed by atoms with van der Waals surface area (Å²) in [6.07, 6.45) is 5.27. The van der Waals surface area contributed by atoms with Gasteiger partial charge in [-0.3, -0.25) is 4.79 Å². The minimum absolute atomic E-state index is 0.115. The van der Waals surface area contributed by atoms with Gasteiger partial charge >= 0.3 is 0 Å². The number of rotatable bonds is 6. The first-order valence-corrected chi connectivity index (χ1v) is 11.5. The van der Waals surface area contributed by atoms with Gasteiger partial charge in [-0.25, -0.2) is 4.98 Å². The summed E-state index contributed by atoms with van der Waals surface area (Å²) in [5, 5.41) is 5.43. The van der Waals surface area contributed by atoms with Crippen LogP contribution < -0.4 is 10.2 Å². The Bertz CT molecular complexity index is 1320. The molecule has 2 aromatic heterocycles. The van der Waals surface area contributed by atoms with Gasteiger partial charge in [-0.1, -0.05) is 24.3 Å². The Kier molecular flexibility index (Phi) is 6.09. The highest BCUT2D eigenvalue weighted by Crippen LogP contribution is 2.30. The van der Waals surface area contributed by atoms with Crippen molar-refractivity contribution in [3.05, 3.63) is 78.0 Å². The van der Waals surface area contributed by atoms with E-state index < -0.39 is 0 Å². The normalized spacial score (nSPS) is 14.4. The van der Waals surface area contributed by atoms with Crippen LogP contribution in [-0.2, 0) is 22.6 Å². The second kappa shape index (κ2) is 9.46. The molecule has 1 saturated heterocycles. The molecule has 3 heterocycles. The van der Waals surface area contributed by atoms with Gasteiger partial charge in [0.25, 0.3) is 0 Å². The van der Waals surface area contributed by atoms with Crippen molar-refractivity contribution in [2.24, 2.45) is 0 Å². The molecule has 1 N–H and O–H groups in total. The monoisotopic (exact) mass is 440 g/mol. The molecular formula is C27H28N4O2. The number of ether oxygens (including phenoxy) is 1. The summed E-state index contributed by atoms with van der Waals surface area (Å²) in [5.41, 5.74) is 4.49. The summed E-state index contributed by atoms with van der Waals surface area (Å²) in [4.78, 5) is 19.1. The number of aryl methyl sites for hydroxylation is 1. The van der Waals surface area contributed by atoms with Gasteiger partial charge in [0.05, 0.1) is 13.2 Å². The molecule has 6 nitrogen and oxygen atoms in total. The van der Waals surface area contributed by atoms with Crippen LogP contribution in [0.15, 0.2) is 66.9 Å². The SMILES string of the molecule is CCn1c2ccccc2c2cc(/C=C\C(=O)NCc3ccnc(N4CCOCC4)c3)ccc21. The van der Waals surface area contributed by atoms with Crippen molar-refractivity contribution >= 4 is 39.6 Å². The first-order chi connectivity index (χ1) is 16.2. The average molecular weight is 441 g/mol. The number of pyridine rings is 1. The molecule has 33 heavy (non-hydrogen) atoms. The fourth-order valence-corrected chi connectivity index (χ4v) is 4.47. The minimum Gasteiger partial charge on any atom is -0.378 e. The predicted octanol–water partition coefficient (Wildman–Crippen LogP) is 4.38. The highest BCUT2D eigenvalue weighted by Gasteiger charge is 2.13. The maximum absolute atomic E-state index is 12.5. The number of nitrogens with one attached hydrogen (secondary N) is 1. The zero-order valence-electron chi connectivity index (χ0n) is 18.8. The van der Waals surface area contributed by atoms with E-state index in [1.165, 1.54) is 21.8 Å². The maximum atomic E-state index is 12.5. The molecule has 0 unspecified atom stereocenters. The lowest BCUT2D eigenvalue weighted by Gasteiger charge is -2.28. The van der Waals surface area contributed by atoms with Crippen molar-refractivity contribution < 1.29 is 9.53 Å². The van der Waals surface area contributed by atoms with Crippen LogP contribution >= 0.6 is 0 Å². The second-order valence-corrected chi connectivity index (χ2v) is 8.21. The van der Waals surface area contributed by atoms with Crippen molar-refractivity contribution in [3.63, 3.8) is 0 Å². The summed E-state index contributed by atoms with van der Waals surface area (Å²) in [6, 6.07) is 18.8. The molecule has 0 atom stereocenters. The number of hydrogen-bond acceptors (Lipinski definition) is 4. The van der Waals surface area contributed by atoms with Gasteiger partial charge in [-0.15, -0.1) is 0 Å². The number of fused-ring (bicyclic) bond motifs is 3. The molecule has 0 aliphatic carbocycles. The number of para-hydroxylation sites is 1. The third kappa shape index (κ3) is 4.47. The van der Waals surface area contributed by atoms with Crippen molar-refractivity contribution in [3.8, 4) is 0 Å². The quantitative estimate of drug-likeness (QED) is 0.452. The molecular weight excluding hydrogens is 412 g/mol. The standard InChI is InChI=1S/C27H28N4O2/c1-2-31-24-6-4-3-5-22(24)23-17-20(7-9-25(23)31)8-10-27(32)29-19-21-11-12-28-26(18-21)30-13-15-33-16-14-30/h3-12,17-18H,2,13-16,19H2,1H3,(H,29,32)/b10-8-. The summed E-state index contributed by atoms with van der Waals surface area (Å²) >= 11 is 0. The third-order valence-electron chi connectivity index (χ3n) is 6.15. The molecule has 1 amide bonds. The van der Waals surface area contributed by atoms with Crippen LogP contribution in [0.2, 0.25) is 0 Å². The van der Waals surface area contributed by atoms with Crippen molar-refractivity contribution in [2.75, 3.05) is 31.2 Å². The van der Waals surface area contributed by atoms with Gasteiger partial charge in [0.2, 0.25) is 5.91 Å². The molecule has 0 saturated carbocycles.